The topological polar surface area (TPSA) is 92.1 Å². The lowest BCUT2D eigenvalue weighted by molar-refractivity contribution is 0.102. The Labute approximate surface area is 190 Å². The maximum absolute atomic E-state index is 12.9. The molecule has 1 heterocycles. The Kier molecular flexibility index (Phi) is 7.05. The molecule has 1 amide bonds. The number of hydrogen-bond acceptors (Lipinski definition) is 4. The Morgan fingerprint density at radius 3 is 2.55 bits per heavy atom. The lowest BCUT2D eigenvalue weighted by atomic mass is 9.95. The number of halogens is 1. The summed E-state index contributed by atoms with van der Waals surface area (Å²) in [5.41, 5.74) is 9.37. The van der Waals surface area contributed by atoms with Crippen molar-refractivity contribution in [2.24, 2.45) is 5.73 Å². The second-order valence-electron chi connectivity index (χ2n) is 6.93. The van der Waals surface area contributed by atoms with Crippen molar-refractivity contribution in [1.29, 1.82) is 5.41 Å². The SMILES string of the molecule is CSCc1cc(-c2cc(C(=O)Nc3ccccc3)cc3ccc(C(=N)N)cc23)co1.Cl. The van der Waals surface area contributed by atoms with Gasteiger partial charge < -0.3 is 15.5 Å². The van der Waals surface area contributed by atoms with Gasteiger partial charge in [-0.1, -0.05) is 30.3 Å². The molecule has 0 radical (unpaired) electrons. The van der Waals surface area contributed by atoms with Crippen molar-refractivity contribution in [3.63, 3.8) is 0 Å². The highest BCUT2D eigenvalue weighted by Crippen LogP contribution is 2.33. The Hall–Kier alpha value is -3.22. The number of nitrogens with one attached hydrogen (secondary N) is 2. The number of thioether (sulfide) groups is 1. The molecule has 0 bridgehead atoms. The highest BCUT2D eigenvalue weighted by atomic mass is 35.5. The molecule has 0 aliphatic heterocycles. The summed E-state index contributed by atoms with van der Waals surface area (Å²) < 4.78 is 5.69. The van der Waals surface area contributed by atoms with E-state index in [1.807, 2.05) is 66.9 Å². The highest BCUT2D eigenvalue weighted by Gasteiger charge is 2.15. The van der Waals surface area contributed by atoms with E-state index in [1.54, 1.807) is 24.1 Å². The normalized spacial score (nSPS) is 10.5. The Morgan fingerprint density at radius 1 is 1.06 bits per heavy atom. The number of para-hydroxylation sites is 1. The minimum absolute atomic E-state index is 0. The molecule has 0 fully saturated rings. The van der Waals surface area contributed by atoms with Gasteiger partial charge in [-0.25, -0.2) is 0 Å². The second-order valence-corrected chi connectivity index (χ2v) is 7.79. The quantitative estimate of drug-likeness (QED) is 0.250. The Bertz CT molecular complexity index is 1240. The fraction of sp³-hybridized carbons (Fsp3) is 0.0833. The van der Waals surface area contributed by atoms with Gasteiger partial charge in [0.15, 0.2) is 0 Å². The Balaban J connectivity index is 0.00000272. The number of carbonyl (C=O) groups excluding carboxylic acids is 1. The molecular formula is C24H22ClN3O2S. The van der Waals surface area contributed by atoms with E-state index in [-0.39, 0.29) is 24.1 Å². The van der Waals surface area contributed by atoms with Crippen LogP contribution in [0.25, 0.3) is 21.9 Å². The average Bonchev–Trinajstić information content (AvgIpc) is 3.22. The fourth-order valence-corrected chi connectivity index (χ4v) is 3.80. The minimum Gasteiger partial charge on any atom is -0.468 e. The van der Waals surface area contributed by atoms with Crippen LogP contribution in [0.1, 0.15) is 21.7 Å². The molecule has 0 aliphatic rings. The monoisotopic (exact) mass is 451 g/mol. The summed E-state index contributed by atoms with van der Waals surface area (Å²) >= 11 is 1.68. The van der Waals surface area contributed by atoms with Gasteiger partial charge in [0.1, 0.15) is 11.6 Å². The first kappa shape index (κ1) is 22.5. The molecule has 0 spiro atoms. The van der Waals surface area contributed by atoms with Gasteiger partial charge in [-0.15, -0.1) is 12.4 Å². The zero-order valence-electron chi connectivity index (χ0n) is 16.8. The van der Waals surface area contributed by atoms with Crippen LogP contribution in [0, 0.1) is 5.41 Å². The van der Waals surface area contributed by atoms with Crippen molar-refractivity contribution < 1.29 is 9.21 Å². The van der Waals surface area contributed by atoms with Gasteiger partial charge in [0.05, 0.1) is 12.0 Å². The van der Waals surface area contributed by atoms with Crippen molar-refractivity contribution in [2.45, 2.75) is 5.75 Å². The lowest BCUT2D eigenvalue weighted by Crippen LogP contribution is -2.12. The van der Waals surface area contributed by atoms with Crippen molar-refractivity contribution in [3.8, 4) is 11.1 Å². The maximum Gasteiger partial charge on any atom is 0.255 e. The maximum atomic E-state index is 12.9. The summed E-state index contributed by atoms with van der Waals surface area (Å²) in [5, 5.41) is 12.5. The van der Waals surface area contributed by atoms with E-state index in [9.17, 15) is 4.79 Å². The third-order valence-corrected chi connectivity index (χ3v) is 5.38. The molecule has 4 N–H and O–H groups in total. The van der Waals surface area contributed by atoms with Gasteiger partial charge in [-0.2, -0.15) is 11.8 Å². The van der Waals surface area contributed by atoms with Crippen LogP contribution in [0.3, 0.4) is 0 Å². The van der Waals surface area contributed by atoms with Gasteiger partial charge in [0.2, 0.25) is 0 Å². The van der Waals surface area contributed by atoms with Crippen LogP contribution >= 0.6 is 24.2 Å². The minimum atomic E-state index is -0.187. The predicted octanol–water partition coefficient (Wildman–Crippen LogP) is 5.92. The smallest absolute Gasteiger partial charge is 0.255 e. The molecule has 0 aliphatic carbocycles. The summed E-state index contributed by atoms with van der Waals surface area (Å²) in [6.07, 6.45) is 3.73. The van der Waals surface area contributed by atoms with Crippen molar-refractivity contribution in [2.75, 3.05) is 11.6 Å². The van der Waals surface area contributed by atoms with Crippen molar-refractivity contribution >= 4 is 52.4 Å². The molecule has 0 saturated heterocycles. The van der Waals surface area contributed by atoms with Gasteiger partial charge in [-0.05, 0) is 59.0 Å². The number of rotatable bonds is 6. The van der Waals surface area contributed by atoms with Crippen molar-refractivity contribution in [3.05, 3.63) is 89.9 Å². The first-order valence-corrected chi connectivity index (χ1v) is 10.8. The molecule has 3 aromatic carbocycles. The number of furan rings is 1. The molecule has 0 unspecified atom stereocenters. The van der Waals surface area contributed by atoms with Crippen LogP contribution in [0.4, 0.5) is 5.69 Å². The zero-order chi connectivity index (χ0) is 21.1. The van der Waals surface area contributed by atoms with Crippen LogP contribution in [0.5, 0.6) is 0 Å². The van der Waals surface area contributed by atoms with E-state index in [0.29, 0.717) is 11.1 Å². The number of fused-ring (bicyclic) bond motifs is 1. The van der Waals surface area contributed by atoms with Gasteiger partial charge >= 0.3 is 0 Å². The predicted molar refractivity (Wildman–Crippen MR) is 132 cm³/mol. The first-order valence-electron chi connectivity index (χ1n) is 9.40. The van der Waals surface area contributed by atoms with Gasteiger partial charge in [-0.3, -0.25) is 10.2 Å². The third-order valence-electron chi connectivity index (χ3n) is 4.81. The van der Waals surface area contributed by atoms with Crippen LogP contribution < -0.4 is 11.1 Å². The number of benzene rings is 3. The molecule has 0 atom stereocenters. The summed E-state index contributed by atoms with van der Waals surface area (Å²) in [6, 6.07) is 20.6. The Morgan fingerprint density at radius 2 is 1.84 bits per heavy atom. The summed E-state index contributed by atoms with van der Waals surface area (Å²) in [4.78, 5) is 12.9. The first-order chi connectivity index (χ1) is 14.5. The average molecular weight is 452 g/mol. The largest absolute Gasteiger partial charge is 0.468 e. The van der Waals surface area contributed by atoms with Gasteiger partial charge in [0, 0.05) is 22.4 Å². The molecule has 5 nitrogen and oxygen atoms in total. The number of carbonyl (C=O) groups is 1. The molecule has 7 heteroatoms. The number of amidine groups is 1. The number of nitrogen functional groups attached to an aromatic ring is 1. The highest BCUT2D eigenvalue weighted by molar-refractivity contribution is 7.97. The van der Waals surface area contributed by atoms with Crippen LogP contribution in [-0.2, 0) is 5.75 Å². The van der Waals surface area contributed by atoms with Crippen LogP contribution in [0.15, 0.2) is 77.4 Å². The standard InChI is InChI=1S/C24H21N3O2S.ClH/c1-30-14-20-10-18(13-29-20)22-12-17(24(28)27-19-5-3-2-4-6-19)9-15-7-8-16(23(25)26)11-21(15)22;/h2-13H,14H2,1H3,(H3,25,26)(H,27,28);1H. The molecule has 0 saturated carbocycles. The molecule has 31 heavy (non-hydrogen) atoms. The molecule has 4 aromatic rings. The molecule has 1 aromatic heterocycles. The van der Waals surface area contributed by atoms with E-state index < -0.39 is 0 Å². The van der Waals surface area contributed by atoms with E-state index in [2.05, 4.69) is 5.32 Å². The lowest BCUT2D eigenvalue weighted by Gasteiger charge is -2.11. The van der Waals surface area contributed by atoms with Crippen molar-refractivity contribution in [1.82, 2.24) is 0 Å². The number of nitrogens with two attached hydrogens (primary N) is 1. The summed E-state index contributed by atoms with van der Waals surface area (Å²) in [6.45, 7) is 0. The second kappa shape index (κ2) is 9.73. The molecule has 4 rings (SSSR count). The van der Waals surface area contributed by atoms with E-state index in [0.717, 1.165) is 39.1 Å². The third kappa shape index (κ3) is 4.93. The number of anilines is 1. The van der Waals surface area contributed by atoms with E-state index in [1.165, 1.54) is 0 Å². The van der Waals surface area contributed by atoms with Gasteiger partial charge in [0.25, 0.3) is 5.91 Å². The van der Waals surface area contributed by atoms with E-state index >= 15 is 0 Å². The zero-order valence-corrected chi connectivity index (χ0v) is 18.5. The summed E-state index contributed by atoms with van der Waals surface area (Å²) in [5.74, 6) is 1.45. The van der Waals surface area contributed by atoms with Crippen LogP contribution in [0.2, 0.25) is 0 Å². The number of amides is 1. The molecular weight excluding hydrogens is 430 g/mol. The fourth-order valence-electron chi connectivity index (χ4n) is 3.36. The molecule has 158 valence electrons. The summed E-state index contributed by atoms with van der Waals surface area (Å²) in [7, 11) is 0. The van der Waals surface area contributed by atoms with E-state index in [4.69, 9.17) is 15.6 Å². The van der Waals surface area contributed by atoms with Crippen LogP contribution in [-0.4, -0.2) is 18.0 Å². The number of hydrogen-bond donors (Lipinski definition) is 3.